The smallest absolute Gasteiger partial charge is 0.475 e. The number of hydrogen-bond acceptors (Lipinski definition) is 5. The first-order valence-electron chi connectivity index (χ1n) is 9.93. The van der Waals surface area contributed by atoms with Crippen molar-refractivity contribution < 1.29 is 27.9 Å². The van der Waals surface area contributed by atoms with Gasteiger partial charge in [-0.05, 0) is 42.1 Å². The molecule has 2 heterocycles. The fourth-order valence-corrected chi connectivity index (χ4v) is 3.08. The van der Waals surface area contributed by atoms with Crippen molar-refractivity contribution in [2.75, 3.05) is 6.54 Å². The zero-order valence-electron chi connectivity index (χ0n) is 17.1. The predicted octanol–water partition coefficient (Wildman–Crippen LogP) is 3.07. The summed E-state index contributed by atoms with van der Waals surface area (Å²) >= 11 is 0. The lowest BCUT2D eigenvalue weighted by Crippen LogP contribution is -2.49. The number of carboxylic acid groups (broad SMARTS) is 1. The number of nitrogens with zero attached hydrogens (tertiary/aromatic N) is 2. The summed E-state index contributed by atoms with van der Waals surface area (Å²) in [6.45, 7) is 0.866. The van der Waals surface area contributed by atoms with Crippen LogP contribution in [0.1, 0.15) is 24.8 Å². The summed E-state index contributed by atoms with van der Waals surface area (Å²) in [4.78, 5) is 25.3. The number of halogens is 3. The molecule has 1 aromatic carbocycles. The first-order valence-corrected chi connectivity index (χ1v) is 9.93. The van der Waals surface area contributed by atoms with Gasteiger partial charge in [0, 0.05) is 18.8 Å². The van der Waals surface area contributed by atoms with E-state index in [1.54, 1.807) is 6.20 Å². The topological polar surface area (TPSA) is 115 Å². The highest BCUT2D eigenvalue weighted by Crippen LogP contribution is 2.19. The average molecular weight is 448 g/mol. The Bertz CT molecular complexity index is 922. The van der Waals surface area contributed by atoms with E-state index in [0.29, 0.717) is 6.42 Å². The minimum absolute atomic E-state index is 0.0711. The summed E-state index contributed by atoms with van der Waals surface area (Å²) in [6, 6.07) is 13.5. The molecule has 3 N–H and O–H groups in total. The molecule has 1 aliphatic heterocycles. The van der Waals surface area contributed by atoms with Gasteiger partial charge in [-0.1, -0.05) is 36.8 Å². The van der Waals surface area contributed by atoms with Crippen LogP contribution in [0, 0.1) is 11.3 Å². The number of rotatable bonds is 5. The van der Waals surface area contributed by atoms with Gasteiger partial charge in [-0.25, -0.2) is 4.79 Å². The zero-order chi connectivity index (χ0) is 23.6. The molecule has 0 radical (unpaired) electrons. The van der Waals surface area contributed by atoms with Crippen LogP contribution in [0.25, 0.3) is 11.1 Å². The highest BCUT2D eigenvalue weighted by Gasteiger charge is 2.38. The molecule has 1 aromatic heterocycles. The number of piperidine rings is 1. The van der Waals surface area contributed by atoms with Gasteiger partial charge in [-0.15, -0.1) is 0 Å². The molecule has 0 bridgehead atoms. The molecule has 2 aromatic rings. The summed E-state index contributed by atoms with van der Waals surface area (Å²) in [5.41, 5.74) is 3.17. The van der Waals surface area contributed by atoms with Crippen LogP contribution < -0.4 is 10.6 Å². The van der Waals surface area contributed by atoms with Crippen LogP contribution in [0.2, 0.25) is 0 Å². The lowest BCUT2D eigenvalue weighted by molar-refractivity contribution is -0.192. The molecule has 32 heavy (non-hydrogen) atoms. The van der Waals surface area contributed by atoms with Crippen LogP contribution in [0.4, 0.5) is 13.2 Å². The number of nitriles is 1. The Morgan fingerprint density at radius 2 is 1.91 bits per heavy atom. The van der Waals surface area contributed by atoms with E-state index in [1.165, 1.54) is 0 Å². The second-order valence-electron chi connectivity index (χ2n) is 7.14. The van der Waals surface area contributed by atoms with E-state index in [1.807, 2.05) is 42.6 Å². The minimum Gasteiger partial charge on any atom is -0.475 e. The van der Waals surface area contributed by atoms with E-state index in [4.69, 9.17) is 9.90 Å². The quantitative estimate of drug-likeness (QED) is 0.648. The Morgan fingerprint density at radius 1 is 1.22 bits per heavy atom. The molecule has 10 heteroatoms. The summed E-state index contributed by atoms with van der Waals surface area (Å²) in [7, 11) is 0. The number of alkyl halides is 3. The maximum atomic E-state index is 12.3. The normalized spacial score (nSPS) is 16.6. The van der Waals surface area contributed by atoms with Gasteiger partial charge < -0.3 is 15.7 Å². The highest BCUT2D eigenvalue weighted by molar-refractivity contribution is 5.82. The van der Waals surface area contributed by atoms with E-state index < -0.39 is 18.2 Å². The lowest BCUT2D eigenvalue weighted by Gasteiger charge is -2.23. The van der Waals surface area contributed by atoms with Crippen molar-refractivity contribution in [3.05, 3.63) is 54.4 Å². The third-order valence-electron chi connectivity index (χ3n) is 4.73. The van der Waals surface area contributed by atoms with Crippen LogP contribution >= 0.6 is 0 Å². The van der Waals surface area contributed by atoms with Crippen molar-refractivity contribution in [2.24, 2.45) is 0 Å². The van der Waals surface area contributed by atoms with E-state index in [0.717, 1.165) is 42.5 Å². The lowest BCUT2D eigenvalue weighted by atomic mass is 10.0. The molecule has 3 rings (SSSR count). The summed E-state index contributed by atoms with van der Waals surface area (Å²) in [5, 5.41) is 22.6. The van der Waals surface area contributed by atoms with E-state index >= 15 is 0 Å². The number of carbonyl (C=O) groups is 2. The van der Waals surface area contributed by atoms with Gasteiger partial charge >= 0.3 is 12.1 Å². The first kappa shape index (κ1) is 24.8. The van der Waals surface area contributed by atoms with E-state index in [-0.39, 0.29) is 11.9 Å². The van der Waals surface area contributed by atoms with Gasteiger partial charge in [0.2, 0.25) is 5.91 Å². The Morgan fingerprint density at radius 3 is 2.41 bits per heavy atom. The number of carbonyl (C=O) groups excluding carboxylic acids is 1. The van der Waals surface area contributed by atoms with Gasteiger partial charge in [0.05, 0.1) is 12.1 Å². The molecule has 2 atom stereocenters. The molecule has 7 nitrogen and oxygen atoms in total. The molecule has 170 valence electrons. The van der Waals surface area contributed by atoms with Gasteiger partial charge in [0.25, 0.3) is 0 Å². The molecule has 0 aliphatic carbocycles. The van der Waals surface area contributed by atoms with Crippen molar-refractivity contribution in [1.29, 1.82) is 5.26 Å². The SMILES string of the molecule is N#C[C@H](Cc1ccc(-c2cccnc2)cc1)NC(=O)[C@@H]1CCCCN1.O=C(O)C(F)(F)F. The van der Waals surface area contributed by atoms with Crippen LogP contribution in [0.5, 0.6) is 0 Å². The van der Waals surface area contributed by atoms with Gasteiger partial charge in [-0.3, -0.25) is 9.78 Å². The molecule has 0 unspecified atom stereocenters. The van der Waals surface area contributed by atoms with Crippen LogP contribution in [0.3, 0.4) is 0 Å². The number of benzene rings is 1. The molecule has 1 amide bonds. The third kappa shape index (κ3) is 8.00. The number of aromatic nitrogens is 1. The minimum atomic E-state index is -5.08. The Kier molecular flexibility index (Phi) is 9.16. The van der Waals surface area contributed by atoms with Gasteiger partial charge in [-0.2, -0.15) is 18.4 Å². The Balaban J connectivity index is 0.000000451. The van der Waals surface area contributed by atoms with Gasteiger partial charge in [0.1, 0.15) is 6.04 Å². The number of nitrogens with one attached hydrogen (secondary N) is 2. The van der Waals surface area contributed by atoms with Crippen LogP contribution in [-0.4, -0.2) is 46.8 Å². The second-order valence-corrected chi connectivity index (χ2v) is 7.14. The molecule has 0 saturated carbocycles. The summed E-state index contributed by atoms with van der Waals surface area (Å²) in [5.74, 6) is -2.83. The summed E-state index contributed by atoms with van der Waals surface area (Å²) in [6.07, 6.45) is 1.99. The van der Waals surface area contributed by atoms with Crippen LogP contribution in [0.15, 0.2) is 48.8 Å². The number of pyridine rings is 1. The zero-order valence-corrected chi connectivity index (χ0v) is 17.1. The number of carboxylic acids is 1. The maximum absolute atomic E-state index is 12.3. The molecule has 1 fully saturated rings. The van der Waals surface area contributed by atoms with E-state index in [9.17, 15) is 23.2 Å². The number of aliphatic carboxylic acids is 1. The van der Waals surface area contributed by atoms with Crippen molar-refractivity contribution in [2.45, 2.75) is 43.9 Å². The fraction of sp³-hybridized carbons (Fsp3) is 0.364. The summed E-state index contributed by atoms with van der Waals surface area (Å²) < 4.78 is 31.7. The number of hydrogen-bond donors (Lipinski definition) is 3. The third-order valence-corrected chi connectivity index (χ3v) is 4.73. The van der Waals surface area contributed by atoms with Crippen molar-refractivity contribution >= 4 is 11.9 Å². The highest BCUT2D eigenvalue weighted by atomic mass is 19.4. The largest absolute Gasteiger partial charge is 0.490 e. The second kappa shape index (κ2) is 11.8. The van der Waals surface area contributed by atoms with Crippen molar-refractivity contribution in [3.63, 3.8) is 0 Å². The molecular weight excluding hydrogens is 425 g/mol. The standard InChI is InChI=1S/C20H22N4O.C2HF3O2/c21-13-18(24-20(25)19-5-1-2-11-23-19)12-15-6-8-16(9-7-15)17-4-3-10-22-14-17;3-2(4,5)1(6)7/h3-4,6-10,14,18-19,23H,1-2,5,11-12H2,(H,24,25);(H,6,7)/t18-,19-;/m0./s1. The average Bonchev–Trinajstić information content (AvgIpc) is 2.80. The Hall–Kier alpha value is -3.45. The van der Waals surface area contributed by atoms with Gasteiger partial charge in [0.15, 0.2) is 0 Å². The molecule has 0 spiro atoms. The maximum Gasteiger partial charge on any atom is 0.490 e. The van der Waals surface area contributed by atoms with Crippen LogP contribution in [-0.2, 0) is 16.0 Å². The van der Waals surface area contributed by atoms with Crippen molar-refractivity contribution in [3.8, 4) is 17.2 Å². The van der Waals surface area contributed by atoms with Crippen molar-refractivity contribution in [1.82, 2.24) is 15.6 Å². The molecular formula is C22H23F3N4O3. The number of amides is 1. The molecule has 1 aliphatic rings. The monoisotopic (exact) mass is 448 g/mol. The fourth-order valence-electron chi connectivity index (χ4n) is 3.08. The predicted molar refractivity (Wildman–Crippen MR) is 110 cm³/mol. The molecule has 1 saturated heterocycles. The Labute approximate surface area is 183 Å². The first-order chi connectivity index (χ1) is 15.2. The van der Waals surface area contributed by atoms with E-state index in [2.05, 4.69) is 21.7 Å².